The number of halogens is 1. The molecule has 1 atom stereocenters. The third-order valence-corrected chi connectivity index (χ3v) is 6.86. The predicted molar refractivity (Wildman–Crippen MR) is 129 cm³/mol. The Morgan fingerprint density at radius 3 is 2.11 bits per heavy atom. The average molecular weight is 499 g/mol. The van der Waals surface area contributed by atoms with E-state index in [1.54, 1.807) is 19.1 Å². The van der Waals surface area contributed by atoms with Gasteiger partial charge in [-0.1, -0.05) is 0 Å². The van der Waals surface area contributed by atoms with Gasteiger partial charge in [0.2, 0.25) is 5.75 Å². The minimum Gasteiger partial charge on any atom is -0.507 e. The van der Waals surface area contributed by atoms with Crippen molar-refractivity contribution in [2.75, 3.05) is 26.2 Å². The number of carbonyl (C=O) groups is 2. The van der Waals surface area contributed by atoms with Gasteiger partial charge in [0, 0.05) is 10.4 Å². The number of hydrogen-bond acceptors (Lipinski definition) is 8. The van der Waals surface area contributed by atoms with Crippen molar-refractivity contribution >= 4 is 33.9 Å². The van der Waals surface area contributed by atoms with Crippen LogP contribution in [0.2, 0.25) is 0 Å². The van der Waals surface area contributed by atoms with E-state index in [0.29, 0.717) is 33.6 Å². The molecule has 0 bridgehead atoms. The lowest BCUT2D eigenvalue weighted by molar-refractivity contribution is -0.132. The zero-order valence-corrected chi connectivity index (χ0v) is 20.5. The lowest BCUT2D eigenvalue weighted by Crippen LogP contribution is -2.29. The molecule has 2 heterocycles. The Balaban J connectivity index is 2.01. The van der Waals surface area contributed by atoms with Gasteiger partial charge in [-0.25, -0.2) is 9.37 Å². The second-order valence-electron chi connectivity index (χ2n) is 7.77. The molecule has 1 amide bonds. The second kappa shape index (κ2) is 9.38. The van der Waals surface area contributed by atoms with Crippen LogP contribution in [0, 0.1) is 19.7 Å². The van der Waals surface area contributed by atoms with Gasteiger partial charge in [0.1, 0.15) is 11.6 Å². The summed E-state index contributed by atoms with van der Waals surface area (Å²) >= 11 is 1.26. The minimum atomic E-state index is -1.06. The van der Waals surface area contributed by atoms with Crippen molar-refractivity contribution in [2.45, 2.75) is 19.9 Å². The highest BCUT2D eigenvalue weighted by molar-refractivity contribution is 7.16. The molecule has 3 aromatic rings. The van der Waals surface area contributed by atoms with E-state index in [1.807, 2.05) is 6.92 Å². The van der Waals surface area contributed by atoms with Crippen LogP contribution >= 0.6 is 11.3 Å². The summed E-state index contributed by atoms with van der Waals surface area (Å²) < 4.78 is 29.8. The van der Waals surface area contributed by atoms with Crippen LogP contribution in [0.25, 0.3) is 5.76 Å². The molecule has 4 rings (SSSR count). The van der Waals surface area contributed by atoms with Crippen LogP contribution in [-0.2, 0) is 9.59 Å². The highest BCUT2D eigenvalue weighted by Gasteiger charge is 2.48. The highest BCUT2D eigenvalue weighted by Crippen LogP contribution is 2.47. The van der Waals surface area contributed by atoms with Crippen LogP contribution in [0.4, 0.5) is 9.52 Å². The van der Waals surface area contributed by atoms with Crippen molar-refractivity contribution in [3.8, 4) is 17.2 Å². The number of benzene rings is 2. The molecule has 0 aliphatic carbocycles. The lowest BCUT2D eigenvalue weighted by Gasteiger charge is -2.24. The largest absolute Gasteiger partial charge is 0.507 e. The van der Waals surface area contributed by atoms with Crippen LogP contribution in [0.3, 0.4) is 0 Å². The number of Topliss-reactive ketones (excluding diaryl/α,β-unsaturated/α-hetero) is 1. The van der Waals surface area contributed by atoms with Crippen molar-refractivity contribution in [1.29, 1.82) is 0 Å². The molecule has 10 heteroatoms. The number of aryl methyl sites for hydroxylation is 2. The van der Waals surface area contributed by atoms with Gasteiger partial charge in [-0.15, -0.1) is 11.3 Å². The van der Waals surface area contributed by atoms with Gasteiger partial charge in [0.05, 0.1) is 38.6 Å². The molecular weight excluding hydrogens is 475 g/mol. The molecule has 182 valence electrons. The number of methoxy groups -OCH3 is 3. The number of thiazole rings is 1. The maximum Gasteiger partial charge on any atom is 0.301 e. The topological polar surface area (TPSA) is 98.2 Å². The summed E-state index contributed by atoms with van der Waals surface area (Å²) in [6.07, 6.45) is 0. The van der Waals surface area contributed by atoms with E-state index in [4.69, 9.17) is 14.2 Å². The fourth-order valence-corrected chi connectivity index (χ4v) is 4.86. The van der Waals surface area contributed by atoms with Crippen LogP contribution in [0.15, 0.2) is 42.0 Å². The third kappa shape index (κ3) is 4.10. The van der Waals surface area contributed by atoms with E-state index in [-0.39, 0.29) is 11.1 Å². The molecule has 1 aromatic heterocycles. The Hall–Kier alpha value is -3.92. The molecule has 0 radical (unpaired) electrons. The number of carbonyl (C=O) groups excluding carboxylic acids is 2. The van der Waals surface area contributed by atoms with Gasteiger partial charge in [0.25, 0.3) is 5.78 Å². The van der Waals surface area contributed by atoms with Gasteiger partial charge in [0.15, 0.2) is 16.6 Å². The molecule has 0 spiro atoms. The Morgan fingerprint density at radius 2 is 1.63 bits per heavy atom. The fourth-order valence-electron chi connectivity index (χ4n) is 3.93. The number of rotatable bonds is 6. The zero-order chi connectivity index (χ0) is 25.4. The number of nitrogens with zero attached hydrogens (tertiary/aromatic N) is 2. The Labute approximate surface area is 205 Å². The molecule has 1 saturated heterocycles. The molecule has 1 aliphatic heterocycles. The molecule has 1 aliphatic rings. The van der Waals surface area contributed by atoms with Gasteiger partial charge < -0.3 is 19.3 Å². The molecule has 35 heavy (non-hydrogen) atoms. The van der Waals surface area contributed by atoms with Gasteiger partial charge in [-0.3, -0.25) is 14.5 Å². The first-order valence-electron chi connectivity index (χ1n) is 10.5. The number of anilines is 1. The summed E-state index contributed by atoms with van der Waals surface area (Å²) in [5, 5.41) is 11.5. The summed E-state index contributed by atoms with van der Waals surface area (Å²) in [5.41, 5.74) is 1.16. The minimum absolute atomic E-state index is 0.165. The summed E-state index contributed by atoms with van der Waals surface area (Å²) in [7, 11) is 4.36. The van der Waals surface area contributed by atoms with Crippen molar-refractivity contribution in [3.63, 3.8) is 0 Å². The first-order valence-corrected chi connectivity index (χ1v) is 11.3. The molecule has 0 saturated carbocycles. The van der Waals surface area contributed by atoms with Crippen molar-refractivity contribution in [2.24, 2.45) is 0 Å². The molecule has 8 nitrogen and oxygen atoms in total. The molecule has 1 fully saturated rings. The number of ketones is 1. The molecule has 2 aromatic carbocycles. The first-order chi connectivity index (χ1) is 16.7. The highest BCUT2D eigenvalue weighted by atomic mass is 32.1. The van der Waals surface area contributed by atoms with E-state index < -0.39 is 29.3 Å². The van der Waals surface area contributed by atoms with Crippen LogP contribution in [0.5, 0.6) is 17.2 Å². The van der Waals surface area contributed by atoms with Gasteiger partial charge >= 0.3 is 5.91 Å². The number of aromatic nitrogens is 1. The Morgan fingerprint density at radius 1 is 1.03 bits per heavy atom. The van der Waals surface area contributed by atoms with E-state index in [2.05, 4.69) is 4.98 Å². The SMILES string of the molecule is COc1cc([C@@H]2/C(=C(\O)c3ccc(F)cc3)C(=O)C(=O)N2c2nc(C)c(C)s2)cc(OC)c1OC. The van der Waals surface area contributed by atoms with E-state index in [0.717, 1.165) is 17.0 Å². The van der Waals surface area contributed by atoms with Crippen molar-refractivity contribution in [3.05, 3.63) is 69.5 Å². The quantitative estimate of drug-likeness (QED) is 0.302. The van der Waals surface area contributed by atoms with Crippen molar-refractivity contribution in [1.82, 2.24) is 4.98 Å². The third-order valence-electron chi connectivity index (χ3n) is 5.79. The number of ether oxygens (including phenoxy) is 3. The maximum absolute atomic E-state index is 13.5. The Bertz CT molecular complexity index is 1300. The molecule has 1 N–H and O–H groups in total. The molecule has 0 unspecified atom stereocenters. The van der Waals surface area contributed by atoms with Gasteiger partial charge in [-0.05, 0) is 55.8 Å². The summed E-state index contributed by atoms with van der Waals surface area (Å²) in [5.74, 6) is -1.74. The van der Waals surface area contributed by atoms with Crippen LogP contribution in [-0.4, -0.2) is 43.1 Å². The van der Waals surface area contributed by atoms with Crippen molar-refractivity contribution < 1.29 is 33.3 Å². The summed E-state index contributed by atoms with van der Waals surface area (Å²) in [6, 6.07) is 7.15. The maximum atomic E-state index is 13.5. The number of aliphatic hydroxyl groups is 1. The van der Waals surface area contributed by atoms with E-state index >= 15 is 0 Å². The van der Waals surface area contributed by atoms with Crippen LogP contribution < -0.4 is 19.1 Å². The summed E-state index contributed by atoms with van der Waals surface area (Å²) in [4.78, 5) is 33.2. The monoisotopic (exact) mass is 498 g/mol. The van der Waals surface area contributed by atoms with E-state index in [1.165, 1.54) is 49.7 Å². The fraction of sp³-hybridized carbons (Fsp3) is 0.240. The Kier molecular flexibility index (Phi) is 6.49. The smallest absolute Gasteiger partial charge is 0.301 e. The zero-order valence-electron chi connectivity index (χ0n) is 19.7. The lowest BCUT2D eigenvalue weighted by atomic mass is 9.94. The predicted octanol–water partition coefficient (Wildman–Crippen LogP) is 4.55. The van der Waals surface area contributed by atoms with Crippen LogP contribution in [0.1, 0.15) is 27.7 Å². The number of aliphatic hydroxyl groups excluding tert-OH is 1. The van der Waals surface area contributed by atoms with Gasteiger partial charge in [-0.2, -0.15) is 0 Å². The summed E-state index contributed by atoms with van der Waals surface area (Å²) in [6.45, 7) is 3.67. The normalized spacial score (nSPS) is 17.1. The molecular formula is C25H23FN2O6S. The second-order valence-corrected chi connectivity index (χ2v) is 8.95. The first kappa shape index (κ1) is 24.2. The average Bonchev–Trinajstić information content (AvgIpc) is 3.32. The number of amides is 1. The standard InChI is InChI=1S/C25H23FN2O6S/c1-12-13(2)35-25(27-12)28-20(15-10-17(32-3)23(34-5)18(11-15)33-4)19(22(30)24(28)31)21(29)14-6-8-16(26)9-7-14/h6-11,20,29H,1-5H3/b21-19+/t20-/m1/s1. The van der Waals surface area contributed by atoms with E-state index in [9.17, 15) is 19.1 Å². The number of hydrogen-bond donors (Lipinski definition) is 1.